The predicted molar refractivity (Wildman–Crippen MR) is 226 cm³/mol. The molecule has 0 fully saturated rings. The molecule has 52 heavy (non-hydrogen) atoms. The Kier molecular flexibility index (Phi) is 29.9. The predicted octanol–water partition coefficient (Wildman–Crippen LogP) is 9.76. The van der Waals surface area contributed by atoms with Crippen LogP contribution in [0.2, 0.25) is 0 Å². The lowest BCUT2D eigenvalue weighted by Crippen LogP contribution is -2.50. The Bertz CT molecular complexity index is 1420. The van der Waals surface area contributed by atoms with Crippen LogP contribution in [0.25, 0.3) is 0 Å². The summed E-state index contributed by atoms with van der Waals surface area (Å²) in [4.78, 5) is 17.2. The summed E-state index contributed by atoms with van der Waals surface area (Å²) in [7, 11) is 1.93. The topological polar surface area (TPSA) is 138 Å². The Balaban J connectivity index is 0. The SMILES string of the molecule is C=C/C=C(\C=C)CC(C(C)O)N(Cc1cccc(OCPOCC)c1)C(=O)N(C)Cc1ccc(N)c(C(=N)N)c1.C=C/C=C\C=C/CC.CC.CC. The molecule has 2 aromatic carbocycles. The number of rotatable bonds is 19. The van der Waals surface area contributed by atoms with E-state index < -0.39 is 12.1 Å². The number of nitrogen functional groups attached to an aromatic ring is 2. The second-order valence-corrected chi connectivity index (χ2v) is 11.6. The van der Waals surface area contributed by atoms with Gasteiger partial charge >= 0.3 is 6.03 Å². The summed E-state index contributed by atoms with van der Waals surface area (Å²) in [6.07, 6.45) is 16.0. The molecule has 0 saturated carbocycles. The molecule has 0 saturated heterocycles. The molecule has 2 amide bonds. The van der Waals surface area contributed by atoms with Gasteiger partial charge in [-0.1, -0.05) is 121 Å². The molecule has 0 aromatic heterocycles. The zero-order valence-electron chi connectivity index (χ0n) is 32.9. The maximum absolute atomic E-state index is 14.0. The summed E-state index contributed by atoms with van der Waals surface area (Å²) in [6, 6.07) is 11.9. The highest BCUT2D eigenvalue weighted by molar-refractivity contribution is 7.31. The minimum Gasteiger partial charge on any atom is -0.487 e. The van der Waals surface area contributed by atoms with Crippen molar-refractivity contribution in [2.45, 2.75) is 86.5 Å². The third-order valence-corrected chi connectivity index (χ3v) is 7.68. The molecule has 10 heteroatoms. The van der Waals surface area contributed by atoms with Crippen LogP contribution in [0, 0.1) is 5.41 Å². The van der Waals surface area contributed by atoms with E-state index in [1.807, 2.05) is 83.2 Å². The third-order valence-electron chi connectivity index (χ3n) is 6.92. The molecule has 2 rings (SSSR count). The first-order valence-electron chi connectivity index (χ1n) is 17.9. The number of ether oxygens (including phenoxy) is 1. The van der Waals surface area contributed by atoms with Gasteiger partial charge in [0.2, 0.25) is 0 Å². The second kappa shape index (κ2) is 31.3. The number of allylic oxidation sites excluding steroid dienone is 8. The fourth-order valence-electron chi connectivity index (χ4n) is 4.52. The molecule has 2 aromatic rings. The second-order valence-electron chi connectivity index (χ2n) is 10.8. The number of carbonyl (C=O) groups is 1. The van der Waals surface area contributed by atoms with Crippen LogP contribution in [-0.2, 0) is 17.6 Å². The quantitative estimate of drug-likeness (QED) is 0.0283. The van der Waals surface area contributed by atoms with E-state index in [1.54, 1.807) is 60.2 Å². The third kappa shape index (κ3) is 20.4. The largest absolute Gasteiger partial charge is 0.487 e. The molecular weight excluding hydrogens is 669 g/mol. The highest BCUT2D eigenvalue weighted by Gasteiger charge is 2.30. The normalized spacial score (nSPS) is 12.0. The fraction of sp³-hybridized carbons (Fsp3) is 0.381. The number of amidine groups is 1. The highest BCUT2D eigenvalue weighted by Crippen LogP contribution is 2.24. The average molecular weight is 736 g/mol. The molecule has 3 atom stereocenters. The molecule has 0 aliphatic heterocycles. The number of nitrogens with zero attached hydrogens (tertiary/aromatic N) is 2. The van der Waals surface area contributed by atoms with Gasteiger partial charge in [-0.15, -0.1) is 0 Å². The van der Waals surface area contributed by atoms with E-state index >= 15 is 0 Å². The molecule has 0 radical (unpaired) electrons. The number of benzene rings is 2. The fourth-order valence-corrected chi connectivity index (χ4v) is 5.03. The maximum atomic E-state index is 14.0. The van der Waals surface area contributed by atoms with Crippen LogP contribution in [0.1, 0.15) is 78.0 Å². The zero-order valence-corrected chi connectivity index (χ0v) is 33.9. The first-order chi connectivity index (χ1) is 25.0. The van der Waals surface area contributed by atoms with Crippen molar-refractivity contribution in [3.8, 4) is 5.75 Å². The van der Waals surface area contributed by atoms with Crippen molar-refractivity contribution in [1.29, 1.82) is 5.41 Å². The van der Waals surface area contributed by atoms with E-state index in [2.05, 4.69) is 32.7 Å². The van der Waals surface area contributed by atoms with Gasteiger partial charge in [-0.25, -0.2) is 4.79 Å². The zero-order chi connectivity index (χ0) is 39.9. The lowest BCUT2D eigenvalue weighted by molar-refractivity contribution is 0.0616. The molecular formula is C42H66N5O4P. The summed E-state index contributed by atoms with van der Waals surface area (Å²) in [6.45, 7) is 26.0. The molecule has 0 heterocycles. The van der Waals surface area contributed by atoms with Gasteiger partial charge < -0.3 is 35.6 Å². The van der Waals surface area contributed by atoms with E-state index in [4.69, 9.17) is 26.1 Å². The van der Waals surface area contributed by atoms with Crippen LogP contribution >= 0.6 is 8.81 Å². The van der Waals surface area contributed by atoms with Gasteiger partial charge in [0, 0.05) is 38.0 Å². The molecule has 0 aliphatic rings. The van der Waals surface area contributed by atoms with Gasteiger partial charge in [-0.2, -0.15) is 0 Å². The molecule has 3 unspecified atom stereocenters. The minimum absolute atomic E-state index is 0.140. The van der Waals surface area contributed by atoms with Crippen molar-refractivity contribution < 1.29 is 19.2 Å². The van der Waals surface area contributed by atoms with Crippen LogP contribution in [0.15, 0.2) is 116 Å². The number of nitrogens with two attached hydrogens (primary N) is 2. The van der Waals surface area contributed by atoms with E-state index in [9.17, 15) is 9.90 Å². The Morgan fingerprint density at radius 3 is 2.23 bits per heavy atom. The van der Waals surface area contributed by atoms with E-state index in [1.165, 1.54) is 0 Å². The molecule has 0 bridgehead atoms. The van der Waals surface area contributed by atoms with Crippen LogP contribution < -0.4 is 16.2 Å². The van der Waals surface area contributed by atoms with E-state index in [-0.39, 0.29) is 33.8 Å². The smallest absolute Gasteiger partial charge is 0.320 e. The number of carbonyl (C=O) groups excluding carboxylic acids is 1. The van der Waals surface area contributed by atoms with Gasteiger partial charge in [0.25, 0.3) is 0 Å². The first-order valence-corrected chi connectivity index (χ1v) is 19.0. The average Bonchev–Trinajstić information content (AvgIpc) is 3.15. The highest BCUT2D eigenvalue weighted by atomic mass is 31.1. The van der Waals surface area contributed by atoms with Crippen molar-refractivity contribution in [2.75, 3.05) is 25.7 Å². The van der Waals surface area contributed by atoms with Gasteiger partial charge in [0.1, 0.15) is 17.9 Å². The summed E-state index contributed by atoms with van der Waals surface area (Å²) < 4.78 is 11.2. The monoisotopic (exact) mass is 735 g/mol. The Morgan fingerprint density at radius 2 is 1.67 bits per heavy atom. The van der Waals surface area contributed by atoms with Gasteiger partial charge in [-0.05, 0) is 67.7 Å². The maximum Gasteiger partial charge on any atom is 0.320 e. The lowest BCUT2D eigenvalue weighted by Gasteiger charge is -2.37. The van der Waals surface area contributed by atoms with Crippen molar-refractivity contribution in [2.24, 2.45) is 5.73 Å². The minimum atomic E-state index is -0.835. The standard InChI is InChI=1S/C30H42N5O4P.C8H12.2C2H6/c1-6-10-22(7-2)17-28(21(4)36)35(19-23-11-9-12-25(15-23)38-20-40-39-8-3)30(37)34(5)18-24-13-14-27(31)26(16-24)29(32)33;1-3-5-7-8-6-4-2;2*1-2/h6-7,9-16,21,28,36,40H,1-2,8,17-20,31H2,3-5H3,(H3,32,33);3,5-8H,1,4H2,2H3;2*1-2H3/b22-10+;7-5-,8-6-;;. The van der Waals surface area contributed by atoms with Crippen molar-refractivity contribution in [3.63, 3.8) is 0 Å². The van der Waals surface area contributed by atoms with Crippen molar-refractivity contribution >= 4 is 26.4 Å². The Labute approximate surface area is 316 Å². The Morgan fingerprint density at radius 1 is 1.00 bits per heavy atom. The lowest BCUT2D eigenvalue weighted by atomic mass is 9.99. The van der Waals surface area contributed by atoms with Gasteiger partial charge in [-0.3, -0.25) is 5.41 Å². The first kappa shape index (κ1) is 49.7. The number of urea groups is 1. The summed E-state index contributed by atoms with van der Waals surface area (Å²) in [5, 5.41) is 18.6. The summed E-state index contributed by atoms with van der Waals surface area (Å²) in [5.74, 6) is 0.537. The molecule has 288 valence electrons. The summed E-state index contributed by atoms with van der Waals surface area (Å²) >= 11 is 0. The van der Waals surface area contributed by atoms with Crippen LogP contribution in [0.5, 0.6) is 5.75 Å². The van der Waals surface area contributed by atoms with Crippen LogP contribution in [0.4, 0.5) is 10.5 Å². The van der Waals surface area contributed by atoms with Crippen molar-refractivity contribution in [3.05, 3.63) is 133 Å². The number of hydrogen-bond acceptors (Lipinski definition) is 6. The number of anilines is 1. The van der Waals surface area contributed by atoms with Crippen LogP contribution in [0.3, 0.4) is 0 Å². The van der Waals surface area contributed by atoms with Crippen LogP contribution in [-0.4, -0.2) is 58.9 Å². The molecule has 0 aliphatic carbocycles. The van der Waals surface area contributed by atoms with E-state index in [0.717, 1.165) is 23.1 Å². The van der Waals surface area contributed by atoms with Crippen molar-refractivity contribution in [1.82, 2.24) is 9.80 Å². The number of nitrogens with one attached hydrogen (secondary N) is 1. The number of amides is 2. The van der Waals surface area contributed by atoms with Gasteiger partial charge in [0.05, 0.1) is 21.0 Å². The van der Waals surface area contributed by atoms with E-state index in [0.29, 0.717) is 36.4 Å². The molecule has 6 N–H and O–H groups in total. The van der Waals surface area contributed by atoms with Gasteiger partial charge in [0.15, 0.2) is 0 Å². The number of hydrogen-bond donors (Lipinski definition) is 4. The number of aliphatic hydroxyl groups excluding tert-OH is 1. The summed E-state index contributed by atoms with van der Waals surface area (Å²) in [5.41, 5.74) is 14.9. The molecule has 0 spiro atoms. The Hall–Kier alpha value is -4.43. The molecule has 9 nitrogen and oxygen atoms in total. The number of aliphatic hydroxyl groups is 1.